The Balaban J connectivity index is 1.79. The summed E-state index contributed by atoms with van der Waals surface area (Å²) in [7, 11) is 0. The van der Waals surface area contributed by atoms with Gasteiger partial charge in [0.2, 0.25) is 0 Å². The maximum absolute atomic E-state index is 11.5. The van der Waals surface area contributed by atoms with Crippen molar-refractivity contribution >= 4 is 17.5 Å². The molecule has 106 valence electrons. The molecule has 0 amide bonds. The molecular weight excluding hydrogens is 268 g/mol. The van der Waals surface area contributed by atoms with E-state index in [9.17, 15) is 10.1 Å². The average Bonchev–Trinajstić information content (AvgIpc) is 2.60. The van der Waals surface area contributed by atoms with Crippen molar-refractivity contribution in [3.8, 4) is 6.07 Å². The maximum Gasteiger partial charge on any atom is 0.157 e. The predicted molar refractivity (Wildman–Crippen MR) is 80.7 cm³/mol. The standard InChI is InChI=1S/C16H20N2OS/c17-10-14-13-7-2-1-3-8-15(13)20-16(14)18-11-5-4-6-12(19)9-11/h9,13,15,18H,1-8H2/t13-,15-/m0/s1. The molecule has 1 heterocycles. The van der Waals surface area contributed by atoms with Gasteiger partial charge >= 0.3 is 0 Å². The summed E-state index contributed by atoms with van der Waals surface area (Å²) in [5, 5.41) is 14.5. The Hall–Kier alpha value is -1.21. The summed E-state index contributed by atoms with van der Waals surface area (Å²) in [6, 6.07) is 2.43. The molecule has 0 spiro atoms. The number of allylic oxidation sites excluding steroid dienone is 3. The molecule has 2 aliphatic carbocycles. The Morgan fingerprint density at radius 2 is 2.05 bits per heavy atom. The van der Waals surface area contributed by atoms with Crippen LogP contribution >= 0.6 is 11.8 Å². The monoisotopic (exact) mass is 288 g/mol. The molecule has 0 saturated heterocycles. The van der Waals surface area contributed by atoms with Crippen molar-refractivity contribution in [2.24, 2.45) is 5.92 Å². The van der Waals surface area contributed by atoms with E-state index in [1.54, 1.807) is 6.08 Å². The molecule has 4 heteroatoms. The van der Waals surface area contributed by atoms with Crippen LogP contribution in [0.1, 0.15) is 51.4 Å². The summed E-state index contributed by atoms with van der Waals surface area (Å²) >= 11 is 1.83. The highest BCUT2D eigenvalue weighted by molar-refractivity contribution is 8.03. The minimum absolute atomic E-state index is 0.204. The summed E-state index contributed by atoms with van der Waals surface area (Å²) in [5.74, 6) is 0.630. The van der Waals surface area contributed by atoms with Crippen LogP contribution < -0.4 is 5.32 Å². The normalized spacial score (nSPS) is 30.4. The van der Waals surface area contributed by atoms with Gasteiger partial charge in [0.1, 0.15) is 0 Å². The zero-order valence-corrected chi connectivity index (χ0v) is 12.5. The van der Waals surface area contributed by atoms with Crippen LogP contribution in [-0.4, -0.2) is 11.0 Å². The fraction of sp³-hybridized carbons (Fsp3) is 0.625. The Morgan fingerprint density at radius 3 is 2.85 bits per heavy atom. The van der Waals surface area contributed by atoms with Crippen LogP contribution in [0.3, 0.4) is 0 Å². The third-order valence-electron chi connectivity index (χ3n) is 4.44. The lowest BCUT2D eigenvalue weighted by atomic mass is 9.92. The molecule has 1 fully saturated rings. The first-order valence-electron chi connectivity index (χ1n) is 7.59. The van der Waals surface area contributed by atoms with Crippen molar-refractivity contribution in [2.75, 3.05) is 0 Å². The van der Waals surface area contributed by atoms with Crippen LogP contribution in [0.25, 0.3) is 0 Å². The lowest BCUT2D eigenvalue weighted by molar-refractivity contribution is -0.115. The van der Waals surface area contributed by atoms with Gasteiger partial charge in [-0.2, -0.15) is 5.26 Å². The molecule has 0 aromatic carbocycles. The smallest absolute Gasteiger partial charge is 0.157 e. The van der Waals surface area contributed by atoms with E-state index in [-0.39, 0.29) is 5.78 Å². The van der Waals surface area contributed by atoms with E-state index in [0.29, 0.717) is 17.6 Å². The second kappa shape index (κ2) is 6.05. The highest BCUT2D eigenvalue weighted by Crippen LogP contribution is 2.47. The van der Waals surface area contributed by atoms with Gasteiger partial charge in [-0.05, 0) is 25.7 Å². The van der Waals surface area contributed by atoms with Gasteiger partial charge in [0.15, 0.2) is 5.78 Å². The predicted octanol–water partition coefficient (Wildman–Crippen LogP) is 3.64. The number of hydrogen-bond acceptors (Lipinski definition) is 4. The zero-order valence-electron chi connectivity index (χ0n) is 11.7. The zero-order chi connectivity index (χ0) is 13.9. The fourth-order valence-corrected chi connectivity index (χ4v) is 4.93. The van der Waals surface area contributed by atoms with Crippen molar-refractivity contribution in [2.45, 2.75) is 56.6 Å². The molecule has 0 aromatic rings. The third-order valence-corrected chi connectivity index (χ3v) is 5.86. The molecule has 20 heavy (non-hydrogen) atoms. The molecule has 3 rings (SSSR count). The molecule has 0 bridgehead atoms. The molecule has 0 unspecified atom stereocenters. The summed E-state index contributed by atoms with van der Waals surface area (Å²) < 4.78 is 0. The van der Waals surface area contributed by atoms with Gasteiger partial charge in [0, 0.05) is 29.4 Å². The number of nitrogens with zero attached hydrogens (tertiary/aromatic N) is 1. The van der Waals surface area contributed by atoms with Crippen LogP contribution in [0.5, 0.6) is 0 Å². The highest BCUT2D eigenvalue weighted by Gasteiger charge is 2.36. The van der Waals surface area contributed by atoms with E-state index in [0.717, 1.165) is 35.6 Å². The van der Waals surface area contributed by atoms with Crippen LogP contribution in [0, 0.1) is 17.2 Å². The number of carbonyl (C=O) groups excluding carboxylic acids is 1. The first kappa shape index (κ1) is 13.8. The van der Waals surface area contributed by atoms with E-state index in [4.69, 9.17) is 0 Å². The van der Waals surface area contributed by atoms with Gasteiger partial charge in [-0.3, -0.25) is 4.79 Å². The molecule has 1 aliphatic heterocycles. The van der Waals surface area contributed by atoms with Crippen molar-refractivity contribution < 1.29 is 4.79 Å². The van der Waals surface area contributed by atoms with Crippen LogP contribution in [0.15, 0.2) is 22.4 Å². The lowest BCUT2D eigenvalue weighted by Crippen LogP contribution is -2.16. The lowest BCUT2D eigenvalue weighted by Gasteiger charge is -2.16. The van der Waals surface area contributed by atoms with Crippen molar-refractivity contribution in [1.82, 2.24) is 5.32 Å². The van der Waals surface area contributed by atoms with E-state index in [1.165, 1.54) is 25.7 Å². The average molecular weight is 288 g/mol. The van der Waals surface area contributed by atoms with E-state index >= 15 is 0 Å². The minimum atomic E-state index is 0.204. The van der Waals surface area contributed by atoms with Crippen molar-refractivity contribution in [3.05, 3.63) is 22.4 Å². The number of nitriles is 1. The van der Waals surface area contributed by atoms with Gasteiger partial charge in [-0.1, -0.05) is 19.3 Å². The highest BCUT2D eigenvalue weighted by atomic mass is 32.2. The molecule has 0 radical (unpaired) electrons. The van der Waals surface area contributed by atoms with Gasteiger partial charge in [-0.25, -0.2) is 0 Å². The van der Waals surface area contributed by atoms with E-state index < -0.39 is 0 Å². The maximum atomic E-state index is 11.5. The largest absolute Gasteiger partial charge is 0.353 e. The Bertz CT molecular complexity index is 515. The third kappa shape index (κ3) is 2.78. The number of ketones is 1. The van der Waals surface area contributed by atoms with Gasteiger partial charge in [-0.15, -0.1) is 11.8 Å². The second-order valence-electron chi connectivity index (χ2n) is 5.87. The molecule has 1 saturated carbocycles. The molecule has 3 aliphatic rings. The number of carbonyl (C=O) groups is 1. The van der Waals surface area contributed by atoms with Gasteiger partial charge < -0.3 is 5.32 Å². The number of nitrogens with one attached hydrogen (secondary N) is 1. The number of thioether (sulfide) groups is 1. The van der Waals surface area contributed by atoms with Crippen LogP contribution in [0.4, 0.5) is 0 Å². The Kier molecular flexibility index (Phi) is 4.16. The molecule has 2 atom stereocenters. The molecule has 0 aromatic heterocycles. The van der Waals surface area contributed by atoms with Crippen LogP contribution in [0.2, 0.25) is 0 Å². The molecular formula is C16H20N2OS. The Morgan fingerprint density at radius 1 is 1.20 bits per heavy atom. The van der Waals surface area contributed by atoms with Crippen molar-refractivity contribution in [1.29, 1.82) is 5.26 Å². The summed E-state index contributed by atoms with van der Waals surface area (Å²) in [6.45, 7) is 0. The number of hydrogen-bond donors (Lipinski definition) is 1. The number of rotatable bonds is 2. The minimum Gasteiger partial charge on any atom is -0.353 e. The quantitative estimate of drug-likeness (QED) is 0.842. The first-order valence-corrected chi connectivity index (χ1v) is 8.47. The van der Waals surface area contributed by atoms with E-state index in [2.05, 4.69) is 11.4 Å². The second-order valence-corrected chi connectivity index (χ2v) is 7.12. The Labute approximate surface area is 124 Å². The first-order chi connectivity index (χ1) is 9.78. The van der Waals surface area contributed by atoms with Gasteiger partial charge in [0.05, 0.1) is 16.7 Å². The summed E-state index contributed by atoms with van der Waals surface area (Å²) in [6.07, 6.45) is 10.4. The number of fused-ring (bicyclic) bond motifs is 1. The summed E-state index contributed by atoms with van der Waals surface area (Å²) in [5.41, 5.74) is 1.92. The van der Waals surface area contributed by atoms with E-state index in [1.807, 2.05) is 11.8 Å². The van der Waals surface area contributed by atoms with Crippen molar-refractivity contribution in [3.63, 3.8) is 0 Å². The molecule has 3 nitrogen and oxygen atoms in total. The molecule has 1 N–H and O–H groups in total. The van der Waals surface area contributed by atoms with Crippen LogP contribution in [-0.2, 0) is 4.79 Å². The van der Waals surface area contributed by atoms with Gasteiger partial charge in [0.25, 0.3) is 0 Å². The summed E-state index contributed by atoms with van der Waals surface area (Å²) in [4.78, 5) is 11.5. The SMILES string of the molecule is N#CC1=C(NC2=CC(=O)CCC2)S[C@H]2CCCCC[C@@H]12. The fourth-order valence-electron chi connectivity index (χ4n) is 3.39. The topological polar surface area (TPSA) is 52.9 Å².